The molecule has 0 aliphatic heterocycles. The van der Waals surface area contributed by atoms with Gasteiger partial charge in [-0.15, -0.1) is 4.68 Å². The van der Waals surface area contributed by atoms with Crippen molar-refractivity contribution in [3.8, 4) is 0 Å². The van der Waals surface area contributed by atoms with Crippen molar-refractivity contribution in [2.45, 2.75) is 6.54 Å². The lowest BCUT2D eigenvalue weighted by atomic mass is 10.2. The SMILES string of the molecule is O=c1cc2ccc(Cl)[nH+]n2n1Cc1ccc(Cl)cc1. The summed E-state index contributed by atoms with van der Waals surface area (Å²) in [5.74, 6) is 0. The number of aromatic nitrogens is 3. The smallest absolute Gasteiger partial charge is 0.239 e. The van der Waals surface area contributed by atoms with Gasteiger partial charge in [0, 0.05) is 11.1 Å². The number of nitrogens with zero attached hydrogens (tertiary/aromatic N) is 2. The van der Waals surface area contributed by atoms with Crippen LogP contribution in [0.5, 0.6) is 0 Å². The van der Waals surface area contributed by atoms with E-state index in [1.54, 1.807) is 39.6 Å². The highest BCUT2D eigenvalue weighted by atomic mass is 35.5. The van der Waals surface area contributed by atoms with E-state index < -0.39 is 0 Å². The van der Waals surface area contributed by atoms with Crippen molar-refractivity contribution >= 4 is 28.7 Å². The molecule has 0 aliphatic carbocycles. The van der Waals surface area contributed by atoms with Crippen molar-refractivity contribution in [3.63, 3.8) is 0 Å². The summed E-state index contributed by atoms with van der Waals surface area (Å²) in [6.07, 6.45) is 0. The Morgan fingerprint density at radius 3 is 2.53 bits per heavy atom. The normalized spacial score (nSPS) is 11.1. The molecule has 4 nitrogen and oxygen atoms in total. The first kappa shape index (κ1) is 12.3. The summed E-state index contributed by atoms with van der Waals surface area (Å²) < 4.78 is 3.21. The van der Waals surface area contributed by atoms with E-state index in [0.717, 1.165) is 11.1 Å². The molecule has 0 amide bonds. The Morgan fingerprint density at radius 1 is 1.05 bits per heavy atom. The zero-order valence-electron chi connectivity index (χ0n) is 9.81. The number of H-pyrrole nitrogens is 1. The first-order valence-electron chi connectivity index (χ1n) is 5.68. The van der Waals surface area contributed by atoms with Crippen LogP contribution in [-0.4, -0.2) is 9.31 Å². The Kier molecular flexibility index (Phi) is 3.05. The maximum absolute atomic E-state index is 12.0. The highest BCUT2D eigenvalue weighted by molar-refractivity contribution is 6.30. The summed E-state index contributed by atoms with van der Waals surface area (Å²) in [5, 5.41) is 4.07. The predicted octanol–water partition coefficient (Wildman–Crippen LogP) is 2.27. The van der Waals surface area contributed by atoms with Gasteiger partial charge < -0.3 is 0 Å². The Hall–Kier alpha value is -1.78. The van der Waals surface area contributed by atoms with Crippen LogP contribution in [0.15, 0.2) is 47.3 Å². The molecule has 2 heterocycles. The van der Waals surface area contributed by atoms with Crippen molar-refractivity contribution in [2.24, 2.45) is 0 Å². The van der Waals surface area contributed by atoms with Crippen LogP contribution >= 0.6 is 23.2 Å². The summed E-state index contributed by atoms with van der Waals surface area (Å²) in [4.78, 5) is 12.0. The highest BCUT2D eigenvalue weighted by Crippen LogP contribution is 2.10. The van der Waals surface area contributed by atoms with Gasteiger partial charge in [-0.2, -0.15) is 5.10 Å². The number of hydrogen-bond acceptors (Lipinski definition) is 1. The lowest BCUT2D eigenvalue weighted by Crippen LogP contribution is -2.29. The third-order valence-electron chi connectivity index (χ3n) is 2.87. The second-order valence-corrected chi connectivity index (χ2v) is 5.04. The molecule has 1 N–H and O–H groups in total. The summed E-state index contributed by atoms with van der Waals surface area (Å²) in [6.45, 7) is 0.445. The summed E-state index contributed by atoms with van der Waals surface area (Å²) in [7, 11) is 0. The molecule has 0 fully saturated rings. The monoisotopic (exact) mass is 294 g/mol. The summed E-state index contributed by atoms with van der Waals surface area (Å²) in [5.41, 5.74) is 1.66. The van der Waals surface area contributed by atoms with Crippen molar-refractivity contribution in [2.75, 3.05) is 0 Å². The van der Waals surface area contributed by atoms with Gasteiger partial charge in [-0.1, -0.05) is 28.4 Å². The lowest BCUT2D eigenvalue weighted by molar-refractivity contribution is -0.480. The Morgan fingerprint density at radius 2 is 1.79 bits per heavy atom. The van der Waals surface area contributed by atoms with E-state index in [2.05, 4.69) is 5.10 Å². The standard InChI is InChI=1S/C13H9Cl2N3O/c14-10-3-1-9(2-4-10)8-17-13(19)7-11-5-6-12(15)16-18(11)17/h1-7H,8H2/p+1. The van der Waals surface area contributed by atoms with E-state index in [-0.39, 0.29) is 5.56 Å². The van der Waals surface area contributed by atoms with E-state index in [1.807, 2.05) is 12.1 Å². The van der Waals surface area contributed by atoms with E-state index in [4.69, 9.17) is 23.2 Å². The fourth-order valence-electron chi connectivity index (χ4n) is 1.95. The van der Waals surface area contributed by atoms with Crippen molar-refractivity contribution in [1.82, 2.24) is 9.31 Å². The number of hydrogen-bond donors (Lipinski definition) is 0. The molecule has 0 saturated heterocycles. The minimum Gasteiger partial charge on any atom is -0.239 e. The van der Waals surface area contributed by atoms with Crippen molar-refractivity contribution in [1.29, 1.82) is 0 Å². The highest BCUT2D eigenvalue weighted by Gasteiger charge is 2.13. The number of rotatable bonds is 2. The van der Waals surface area contributed by atoms with E-state index >= 15 is 0 Å². The van der Waals surface area contributed by atoms with Crippen LogP contribution in [0, 0.1) is 0 Å². The molecule has 6 heteroatoms. The molecule has 96 valence electrons. The van der Waals surface area contributed by atoms with Gasteiger partial charge >= 0.3 is 5.56 Å². The van der Waals surface area contributed by atoms with Crippen molar-refractivity contribution in [3.05, 3.63) is 68.6 Å². The molecule has 2 aromatic heterocycles. The van der Waals surface area contributed by atoms with E-state index in [1.165, 1.54) is 0 Å². The second kappa shape index (κ2) is 4.72. The fourth-order valence-corrected chi connectivity index (χ4v) is 2.22. The van der Waals surface area contributed by atoms with Gasteiger partial charge in [0.15, 0.2) is 0 Å². The molecule has 0 saturated carbocycles. The van der Waals surface area contributed by atoms with Crippen LogP contribution in [0.25, 0.3) is 5.52 Å². The van der Waals surface area contributed by atoms with E-state index in [9.17, 15) is 4.79 Å². The van der Waals surface area contributed by atoms with E-state index in [0.29, 0.717) is 16.7 Å². The average molecular weight is 295 g/mol. The molecule has 0 radical (unpaired) electrons. The average Bonchev–Trinajstić information content (AvgIpc) is 2.69. The van der Waals surface area contributed by atoms with Gasteiger partial charge in [0.05, 0.1) is 6.07 Å². The van der Waals surface area contributed by atoms with Crippen LogP contribution in [0.4, 0.5) is 0 Å². The Bertz CT molecular complexity index is 790. The van der Waals surface area contributed by atoms with Gasteiger partial charge in [-0.3, -0.25) is 0 Å². The first-order chi connectivity index (χ1) is 9.13. The molecule has 0 bridgehead atoms. The number of benzene rings is 1. The van der Waals surface area contributed by atoms with Crippen LogP contribution in [0.2, 0.25) is 10.2 Å². The quantitative estimate of drug-likeness (QED) is 0.715. The number of fused-ring (bicyclic) bond motifs is 1. The molecule has 0 spiro atoms. The number of aromatic amines is 1. The van der Waals surface area contributed by atoms with Gasteiger partial charge in [-0.25, -0.2) is 4.79 Å². The molecular weight excluding hydrogens is 285 g/mol. The molecule has 19 heavy (non-hydrogen) atoms. The predicted molar refractivity (Wildman–Crippen MR) is 73.8 cm³/mol. The van der Waals surface area contributed by atoms with Gasteiger partial charge in [-0.05, 0) is 35.4 Å². The van der Waals surface area contributed by atoms with Crippen LogP contribution in [0.3, 0.4) is 0 Å². The Balaban J connectivity index is 2.09. The molecule has 1 aromatic carbocycles. The lowest BCUT2D eigenvalue weighted by Gasteiger charge is -2.00. The van der Waals surface area contributed by atoms with Crippen LogP contribution in [0.1, 0.15) is 5.56 Å². The minimum atomic E-state index is -0.0894. The number of halogens is 2. The number of nitrogens with one attached hydrogen (secondary N) is 1. The summed E-state index contributed by atoms with van der Waals surface area (Å²) in [6, 6.07) is 12.4. The minimum absolute atomic E-state index is 0.0894. The molecule has 3 rings (SSSR count). The maximum Gasteiger partial charge on any atom is 0.354 e. The van der Waals surface area contributed by atoms with Crippen LogP contribution in [-0.2, 0) is 6.54 Å². The van der Waals surface area contributed by atoms with Gasteiger partial charge in [0.25, 0.3) is 0 Å². The molecular formula is C13H10Cl2N3O+. The topological polar surface area (TPSA) is 40.6 Å². The summed E-state index contributed by atoms with van der Waals surface area (Å²) >= 11 is 11.8. The Labute approximate surface area is 118 Å². The van der Waals surface area contributed by atoms with Gasteiger partial charge in [0.2, 0.25) is 5.15 Å². The zero-order chi connectivity index (χ0) is 13.4. The van der Waals surface area contributed by atoms with Gasteiger partial charge in [0.1, 0.15) is 12.1 Å². The maximum atomic E-state index is 12.0. The largest absolute Gasteiger partial charge is 0.354 e. The first-order valence-corrected chi connectivity index (χ1v) is 6.44. The van der Waals surface area contributed by atoms with Crippen LogP contribution < -0.4 is 10.7 Å². The third-order valence-corrected chi connectivity index (χ3v) is 3.33. The molecule has 0 unspecified atom stereocenters. The molecule has 0 atom stereocenters. The zero-order valence-corrected chi connectivity index (χ0v) is 11.3. The third kappa shape index (κ3) is 2.37. The molecule has 3 aromatic rings. The van der Waals surface area contributed by atoms with Crippen molar-refractivity contribution < 1.29 is 5.10 Å². The fraction of sp³-hybridized carbons (Fsp3) is 0.0769. The second-order valence-electron chi connectivity index (χ2n) is 4.20. The molecule has 0 aliphatic rings.